The number of sulfone groups is 1. The molecular weight excluding hydrogens is 518 g/mol. The van der Waals surface area contributed by atoms with Gasteiger partial charge in [0.1, 0.15) is 28.7 Å². The maximum absolute atomic E-state index is 13.3. The molecule has 37 heavy (non-hydrogen) atoms. The first-order valence-corrected chi connectivity index (χ1v) is 13.4. The van der Waals surface area contributed by atoms with Gasteiger partial charge in [0.05, 0.1) is 60.8 Å². The number of anilines is 1. The molecule has 9 nitrogen and oxygen atoms in total. The number of hydrogen-bond acceptors (Lipinski definition) is 9. The Morgan fingerprint density at radius 2 is 1.49 bits per heavy atom. The van der Waals surface area contributed by atoms with E-state index >= 15 is 0 Å². The maximum Gasteiger partial charge on any atom is 0.262 e. The van der Waals surface area contributed by atoms with Gasteiger partial charge in [0.25, 0.3) is 5.91 Å². The Hall–Kier alpha value is -3.83. The predicted molar refractivity (Wildman–Crippen MR) is 141 cm³/mol. The molecule has 3 aromatic carbocycles. The molecule has 194 valence electrons. The molecule has 0 saturated carbocycles. The van der Waals surface area contributed by atoms with Gasteiger partial charge in [-0.3, -0.25) is 4.79 Å². The van der Waals surface area contributed by atoms with Crippen LogP contribution < -0.4 is 24.3 Å². The number of nitrogens with one attached hydrogen (secondary N) is 1. The lowest BCUT2D eigenvalue weighted by Crippen LogP contribution is -2.18. The Bertz CT molecular complexity index is 1450. The Labute approximate surface area is 218 Å². The molecule has 0 radical (unpaired) electrons. The molecule has 2 N–H and O–H groups in total. The normalized spacial score (nSPS) is 14.1. The molecule has 1 heterocycles. The van der Waals surface area contributed by atoms with Gasteiger partial charge in [-0.1, -0.05) is 17.8 Å². The summed E-state index contributed by atoms with van der Waals surface area (Å²) < 4.78 is 47.9. The summed E-state index contributed by atoms with van der Waals surface area (Å²) in [4.78, 5) is 14.0. The van der Waals surface area contributed by atoms with Gasteiger partial charge in [0.15, 0.2) is 9.84 Å². The number of fused-ring (bicyclic) bond motifs is 1. The average molecular weight is 544 g/mol. The minimum atomic E-state index is -3.81. The molecule has 0 fully saturated rings. The maximum atomic E-state index is 13.3. The van der Waals surface area contributed by atoms with E-state index in [0.29, 0.717) is 49.6 Å². The molecule has 0 atom stereocenters. The summed E-state index contributed by atoms with van der Waals surface area (Å²) in [6.45, 7) is 0. The molecule has 4 rings (SSSR count). The van der Waals surface area contributed by atoms with Crippen molar-refractivity contribution < 1.29 is 37.3 Å². The SMILES string of the molecule is COc1cc(O)cc(OC)c1/C=C1\Sc2ccc(S(=O)(=O)Cc3c(OC)cccc3OC)cc2NC1=O. The largest absolute Gasteiger partial charge is 0.508 e. The number of carbonyl (C=O) groups excluding carboxylic acids is 1. The van der Waals surface area contributed by atoms with Crippen LogP contribution in [0.15, 0.2) is 63.2 Å². The van der Waals surface area contributed by atoms with Gasteiger partial charge in [0.2, 0.25) is 0 Å². The quantitative estimate of drug-likeness (QED) is 0.396. The Kier molecular flexibility index (Phi) is 7.55. The first-order chi connectivity index (χ1) is 17.7. The Balaban J connectivity index is 1.67. The molecule has 0 bridgehead atoms. The third kappa shape index (κ3) is 5.32. The minimum absolute atomic E-state index is 0.0403. The molecule has 0 saturated heterocycles. The first-order valence-electron chi connectivity index (χ1n) is 10.9. The fraction of sp³-hybridized carbons (Fsp3) is 0.192. The second kappa shape index (κ2) is 10.7. The van der Waals surface area contributed by atoms with Gasteiger partial charge >= 0.3 is 0 Å². The number of hydrogen-bond donors (Lipinski definition) is 2. The van der Waals surface area contributed by atoms with Crippen molar-refractivity contribution in [1.29, 1.82) is 0 Å². The Morgan fingerprint density at radius 3 is 2.05 bits per heavy atom. The van der Waals surface area contributed by atoms with E-state index in [1.807, 2.05) is 0 Å². The fourth-order valence-corrected chi connectivity index (χ4v) is 6.19. The smallest absolute Gasteiger partial charge is 0.262 e. The summed E-state index contributed by atoms with van der Waals surface area (Å²) in [6, 6.07) is 12.5. The van der Waals surface area contributed by atoms with Crippen molar-refractivity contribution in [2.24, 2.45) is 0 Å². The molecule has 11 heteroatoms. The van der Waals surface area contributed by atoms with Crippen molar-refractivity contribution in [3.05, 3.63) is 64.6 Å². The number of methoxy groups -OCH3 is 4. The first kappa shape index (κ1) is 26.2. The van der Waals surface area contributed by atoms with Crippen molar-refractivity contribution in [3.63, 3.8) is 0 Å². The summed E-state index contributed by atoms with van der Waals surface area (Å²) in [7, 11) is 2.01. The van der Waals surface area contributed by atoms with Gasteiger partial charge < -0.3 is 29.4 Å². The van der Waals surface area contributed by atoms with Gasteiger partial charge in [0, 0.05) is 17.0 Å². The van der Waals surface area contributed by atoms with Gasteiger partial charge in [-0.25, -0.2) is 8.42 Å². The highest BCUT2D eigenvalue weighted by Gasteiger charge is 2.26. The highest BCUT2D eigenvalue weighted by atomic mass is 32.2. The Morgan fingerprint density at radius 1 is 0.892 bits per heavy atom. The van der Waals surface area contributed by atoms with Crippen molar-refractivity contribution in [1.82, 2.24) is 0 Å². The summed E-state index contributed by atoms with van der Waals surface area (Å²) in [5.41, 5.74) is 1.27. The summed E-state index contributed by atoms with van der Waals surface area (Å²) in [5, 5.41) is 12.6. The fourth-order valence-electron chi connectivity index (χ4n) is 3.87. The summed E-state index contributed by atoms with van der Waals surface area (Å²) in [6.07, 6.45) is 1.60. The highest BCUT2D eigenvalue weighted by molar-refractivity contribution is 8.04. The minimum Gasteiger partial charge on any atom is -0.508 e. The molecule has 3 aromatic rings. The number of ether oxygens (including phenoxy) is 4. The molecule has 0 aliphatic carbocycles. The van der Waals surface area contributed by atoms with Crippen LogP contribution in [0.2, 0.25) is 0 Å². The molecule has 1 aliphatic heterocycles. The van der Waals surface area contributed by atoms with Crippen molar-refractivity contribution in [3.8, 4) is 28.7 Å². The van der Waals surface area contributed by atoms with E-state index in [1.165, 1.54) is 64.5 Å². The number of phenols is 1. The number of amides is 1. The van der Waals surface area contributed by atoms with Crippen LogP contribution in [-0.2, 0) is 20.4 Å². The van der Waals surface area contributed by atoms with E-state index in [1.54, 1.807) is 30.3 Å². The van der Waals surface area contributed by atoms with Gasteiger partial charge in [-0.2, -0.15) is 0 Å². The zero-order chi connectivity index (χ0) is 26.7. The molecule has 1 aliphatic rings. The van der Waals surface area contributed by atoms with Crippen molar-refractivity contribution >= 4 is 39.3 Å². The number of benzene rings is 3. The lowest BCUT2D eigenvalue weighted by molar-refractivity contribution is -0.112. The second-order valence-electron chi connectivity index (χ2n) is 7.89. The van der Waals surface area contributed by atoms with E-state index < -0.39 is 15.7 Å². The standard InChI is InChI=1S/C26H25NO8S2/c1-32-20-6-5-7-21(33-2)18(20)14-37(30,31)16-8-9-24-19(12-16)27-26(29)25(36-24)13-17-22(34-3)10-15(28)11-23(17)35-4/h5-13,28H,14H2,1-4H3,(H,27,29)/b25-13-. The summed E-state index contributed by atoms with van der Waals surface area (Å²) in [5.74, 6) is 0.663. The second-order valence-corrected chi connectivity index (χ2v) is 11.0. The zero-order valence-electron chi connectivity index (χ0n) is 20.5. The number of aromatic hydroxyl groups is 1. The zero-order valence-corrected chi connectivity index (χ0v) is 22.2. The van der Waals surface area contributed by atoms with Crippen LogP contribution in [0.4, 0.5) is 5.69 Å². The molecule has 1 amide bonds. The van der Waals surface area contributed by atoms with Crippen molar-refractivity contribution in [2.45, 2.75) is 15.5 Å². The van der Waals surface area contributed by atoms with Gasteiger partial charge in [-0.15, -0.1) is 0 Å². The molecule has 0 spiro atoms. The lowest BCUT2D eigenvalue weighted by Gasteiger charge is -2.20. The lowest BCUT2D eigenvalue weighted by atomic mass is 10.1. The average Bonchev–Trinajstić information content (AvgIpc) is 2.89. The van der Waals surface area contributed by atoms with Crippen LogP contribution in [0.25, 0.3) is 6.08 Å². The van der Waals surface area contributed by atoms with Gasteiger partial charge in [-0.05, 0) is 36.4 Å². The van der Waals surface area contributed by atoms with Crippen LogP contribution in [0.3, 0.4) is 0 Å². The highest BCUT2D eigenvalue weighted by Crippen LogP contribution is 2.43. The predicted octanol–water partition coefficient (Wildman–Crippen LogP) is 4.49. The van der Waals surface area contributed by atoms with E-state index in [2.05, 4.69) is 5.32 Å². The third-order valence-electron chi connectivity index (χ3n) is 5.67. The van der Waals surface area contributed by atoms with E-state index in [0.717, 1.165) is 0 Å². The third-order valence-corrected chi connectivity index (χ3v) is 8.41. The molecular formula is C26H25NO8S2. The topological polar surface area (TPSA) is 120 Å². The number of thioether (sulfide) groups is 1. The molecule has 0 unspecified atom stereocenters. The number of phenolic OH excluding ortho intramolecular Hbond substituents is 1. The van der Waals surface area contributed by atoms with Crippen LogP contribution in [0.5, 0.6) is 28.7 Å². The van der Waals surface area contributed by atoms with Crippen molar-refractivity contribution in [2.75, 3.05) is 33.8 Å². The summed E-state index contributed by atoms with van der Waals surface area (Å²) >= 11 is 1.18. The number of carbonyl (C=O) groups is 1. The van der Waals surface area contributed by atoms with E-state index in [-0.39, 0.29) is 16.4 Å². The monoisotopic (exact) mass is 543 g/mol. The number of rotatable bonds is 8. The van der Waals surface area contributed by atoms with Crippen LogP contribution in [0, 0.1) is 0 Å². The van der Waals surface area contributed by atoms with Crippen LogP contribution in [-0.4, -0.2) is 47.9 Å². The van der Waals surface area contributed by atoms with Crippen LogP contribution >= 0.6 is 11.8 Å². The van der Waals surface area contributed by atoms with E-state index in [9.17, 15) is 18.3 Å². The van der Waals surface area contributed by atoms with E-state index in [4.69, 9.17) is 18.9 Å². The van der Waals surface area contributed by atoms with Crippen LogP contribution in [0.1, 0.15) is 11.1 Å². The molecule has 0 aromatic heterocycles.